The highest BCUT2D eigenvalue weighted by atomic mass is 127. The standard InChI is InChI=1S/C18H28N4O2.HI/c1-4-19-18(20-11-14-6-5-7-16(23)10-14)21-15-8-9-22(12-15)17(24)13(2)3;/h5-7,10,13,15,23H,4,8-9,11-12H2,1-3H3,(H2,19,20,21);1H. The van der Waals surface area contributed by atoms with Crippen molar-refractivity contribution in [3.63, 3.8) is 0 Å². The van der Waals surface area contributed by atoms with Crippen LogP contribution in [0, 0.1) is 5.92 Å². The SMILES string of the molecule is CCNC(=NCc1cccc(O)c1)NC1CCN(C(=O)C(C)C)C1.I. The van der Waals surface area contributed by atoms with E-state index >= 15 is 0 Å². The lowest BCUT2D eigenvalue weighted by Crippen LogP contribution is -2.45. The molecule has 0 saturated carbocycles. The Kier molecular flexibility index (Phi) is 9.02. The number of nitrogens with one attached hydrogen (secondary N) is 2. The van der Waals surface area contributed by atoms with Gasteiger partial charge in [-0.3, -0.25) is 4.79 Å². The fraction of sp³-hybridized carbons (Fsp3) is 0.556. The second-order valence-electron chi connectivity index (χ2n) is 6.43. The Bertz CT molecular complexity index is 592. The molecule has 1 saturated heterocycles. The van der Waals surface area contributed by atoms with Crippen LogP contribution in [-0.2, 0) is 11.3 Å². The maximum Gasteiger partial charge on any atom is 0.225 e. The van der Waals surface area contributed by atoms with Gasteiger partial charge in [0.25, 0.3) is 0 Å². The molecule has 0 aromatic heterocycles. The maximum absolute atomic E-state index is 12.1. The molecule has 0 spiro atoms. The summed E-state index contributed by atoms with van der Waals surface area (Å²) in [5.41, 5.74) is 0.954. The van der Waals surface area contributed by atoms with E-state index in [0.717, 1.165) is 31.0 Å². The highest BCUT2D eigenvalue weighted by Crippen LogP contribution is 2.13. The Morgan fingerprint density at radius 2 is 2.20 bits per heavy atom. The van der Waals surface area contributed by atoms with Crippen LogP contribution in [0.4, 0.5) is 0 Å². The van der Waals surface area contributed by atoms with Gasteiger partial charge in [0.15, 0.2) is 5.96 Å². The van der Waals surface area contributed by atoms with Crippen molar-refractivity contribution in [2.24, 2.45) is 10.9 Å². The number of hydrogen-bond donors (Lipinski definition) is 3. The predicted octanol–water partition coefficient (Wildman–Crippen LogP) is 2.32. The summed E-state index contributed by atoms with van der Waals surface area (Å²) >= 11 is 0. The van der Waals surface area contributed by atoms with Crippen molar-refractivity contribution < 1.29 is 9.90 Å². The number of likely N-dealkylation sites (tertiary alicyclic amines) is 1. The van der Waals surface area contributed by atoms with E-state index in [0.29, 0.717) is 13.1 Å². The fourth-order valence-corrected chi connectivity index (χ4v) is 2.78. The normalized spacial score (nSPS) is 17.4. The molecule has 0 bridgehead atoms. The second-order valence-corrected chi connectivity index (χ2v) is 6.43. The van der Waals surface area contributed by atoms with Crippen LogP contribution in [0.3, 0.4) is 0 Å². The summed E-state index contributed by atoms with van der Waals surface area (Å²) < 4.78 is 0. The van der Waals surface area contributed by atoms with E-state index in [1.54, 1.807) is 12.1 Å². The topological polar surface area (TPSA) is 77.0 Å². The first-order valence-corrected chi connectivity index (χ1v) is 8.61. The van der Waals surface area contributed by atoms with Crippen LogP contribution < -0.4 is 10.6 Å². The molecule has 1 fully saturated rings. The molecule has 1 heterocycles. The zero-order valence-electron chi connectivity index (χ0n) is 15.2. The lowest BCUT2D eigenvalue weighted by Gasteiger charge is -2.20. The number of hydrogen-bond acceptors (Lipinski definition) is 3. The zero-order valence-corrected chi connectivity index (χ0v) is 17.5. The smallest absolute Gasteiger partial charge is 0.225 e. The Morgan fingerprint density at radius 1 is 1.44 bits per heavy atom. The summed E-state index contributed by atoms with van der Waals surface area (Å²) in [6.07, 6.45) is 0.926. The van der Waals surface area contributed by atoms with E-state index in [2.05, 4.69) is 15.6 Å². The Balaban J connectivity index is 0.00000312. The van der Waals surface area contributed by atoms with Crippen LogP contribution in [-0.4, -0.2) is 47.5 Å². The number of carbonyl (C=O) groups is 1. The number of rotatable bonds is 5. The monoisotopic (exact) mass is 460 g/mol. The summed E-state index contributed by atoms with van der Waals surface area (Å²) in [7, 11) is 0. The molecular weight excluding hydrogens is 431 g/mol. The zero-order chi connectivity index (χ0) is 17.5. The van der Waals surface area contributed by atoms with Gasteiger partial charge in [0.2, 0.25) is 5.91 Å². The van der Waals surface area contributed by atoms with Gasteiger partial charge in [0.1, 0.15) is 5.75 Å². The average molecular weight is 460 g/mol. The number of amides is 1. The van der Waals surface area contributed by atoms with Crippen molar-refractivity contribution in [1.82, 2.24) is 15.5 Å². The number of guanidine groups is 1. The van der Waals surface area contributed by atoms with E-state index < -0.39 is 0 Å². The molecule has 140 valence electrons. The molecule has 1 aliphatic heterocycles. The van der Waals surface area contributed by atoms with Gasteiger partial charge in [0, 0.05) is 31.6 Å². The minimum atomic E-state index is 0. The molecule has 2 rings (SSSR count). The number of nitrogens with zero attached hydrogens (tertiary/aromatic N) is 2. The Morgan fingerprint density at radius 3 is 2.84 bits per heavy atom. The van der Waals surface area contributed by atoms with Gasteiger partial charge in [-0.15, -0.1) is 24.0 Å². The highest BCUT2D eigenvalue weighted by molar-refractivity contribution is 14.0. The van der Waals surface area contributed by atoms with Crippen LogP contribution in [0.2, 0.25) is 0 Å². The fourth-order valence-electron chi connectivity index (χ4n) is 2.78. The quantitative estimate of drug-likeness (QED) is 0.358. The van der Waals surface area contributed by atoms with Crippen molar-refractivity contribution in [3.05, 3.63) is 29.8 Å². The van der Waals surface area contributed by atoms with Crippen LogP contribution >= 0.6 is 24.0 Å². The van der Waals surface area contributed by atoms with Gasteiger partial charge in [-0.1, -0.05) is 26.0 Å². The third-order valence-corrected chi connectivity index (χ3v) is 4.01. The number of phenols is 1. The molecule has 1 atom stereocenters. The molecular formula is C18H29IN4O2. The van der Waals surface area contributed by atoms with Crippen LogP contribution in [0.15, 0.2) is 29.3 Å². The van der Waals surface area contributed by atoms with E-state index in [9.17, 15) is 9.90 Å². The Hall–Kier alpha value is -1.51. The van der Waals surface area contributed by atoms with Gasteiger partial charge in [-0.05, 0) is 31.0 Å². The molecule has 25 heavy (non-hydrogen) atoms. The third kappa shape index (κ3) is 6.72. The van der Waals surface area contributed by atoms with Gasteiger partial charge < -0.3 is 20.6 Å². The molecule has 6 nitrogen and oxygen atoms in total. The Labute approximate surface area is 167 Å². The first-order valence-electron chi connectivity index (χ1n) is 8.61. The number of aromatic hydroxyl groups is 1. The minimum absolute atomic E-state index is 0. The average Bonchev–Trinajstić information content (AvgIpc) is 3.00. The first kappa shape index (κ1) is 21.5. The largest absolute Gasteiger partial charge is 0.508 e. The molecule has 1 aromatic rings. The molecule has 1 unspecified atom stereocenters. The molecule has 0 radical (unpaired) electrons. The van der Waals surface area contributed by atoms with Gasteiger partial charge >= 0.3 is 0 Å². The lowest BCUT2D eigenvalue weighted by molar-refractivity contribution is -0.133. The van der Waals surface area contributed by atoms with E-state index in [-0.39, 0.29) is 47.6 Å². The van der Waals surface area contributed by atoms with Crippen molar-refractivity contribution >= 4 is 35.8 Å². The van der Waals surface area contributed by atoms with Gasteiger partial charge in [-0.25, -0.2) is 4.99 Å². The van der Waals surface area contributed by atoms with E-state index in [1.165, 1.54) is 0 Å². The molecule has 1 aliphatic rings. The minimum Gasteiger partial charge on any atom is -0.508 e. The predicted molar refractivity (Wildman–Crippen MR) is 111 cm³/mol. The first-order chi connectivity index (χ1) is 11.5. The summed E-state index contributed by atoms with van der Waals surface area (Å²) in [6, 6.07) is 7.33. The van der Waals surface area contributed by atoms with E-state index in [4.69, 9.17) is 0 Å². The van der Waals surface area contributed by atoms with E-state index in [1.807, 2.05) is 37.8 Å². The van der Waals surface area contributed by atoms with Crippen LogP contribution in [0.5, 0.6) is 5.75 Å². The molecule has 7 heteroatoms. The number of carbonyl (C=O) groups excluding carboxylic acids is 1. The third-order valence-electron chi connectivity index (χ3n) is 4.01. The van der Waals surface area contributed by atoms with Crippen molar-refractivity contribution in [3.8, 4) is 5.75 Å². The van der Waals surface area contributed by atoms with Crippen molar-refractivity contribution in [1.29, 1.82) is 0 Å². The van der Waals surface area contributed by atoms with Crippen LogP contribution in [0.1, 0.15) is 32.8 Å². The number of phenolic OH excluding ortho intramolecular Hbond substituents is 1. The number of halogens is 1. The van der Waals surface area contributed by atoms with Crippen LogP contribution in [0.25, 0.3) is 0 Å². The van der Waals surface area contributed by atoms with Crippen molar-refractivity contribution in [2.75, 3.05) is 19.6 Å². The highest BCUT2D eigenvalue weighted by Gasteiger charge is 2.27. The maximum atomic E-state index is 12.1. The molecule has 1 amide bonds. The number of benzene rings is 1. The van der Waals surface area contributed by atoms with Crippen molar-refractivity contribution in [2.45, 2.75) is 39.8 Å². The molecule has 0 aliphatic carbocycles. The van der Waals surface area contributed by atoms with Gasteiger partial charge in [-0.2, -0.15) is 0 Å². The number of aliphatic imine (C=N–C) groups is 1. The summed E-state index contributed by atoms with van der Waals surface area (Å²) in [5, 5.41) is 16.2. The summed E-state index contributed by atoms with van der Waals surface area (Å²) in [5.74, 6) is 1.24. The summed E-state index contributed by atoms with van der Waals surface area (Å²) in [6.45, 7) is 8.66. The summed E-state index contributed by atoms with van der Waals surface area (Å²) in [4.78, 5) is 18.6. The second kappa shape index (κ2) is 10.5. The van der Waals surface area contributed by atoms with Gasteiger partial charge in [0.05, 0.1) is 6.54 Å². The molecule has 1 aromatic carbocycles. The lowest BCUT2D eigenvalue weighted by atomic mass is 10.2. The molecule has 3 N–H and O–H groups in total.